The van der Waals surface area contributed by atoms with Crippen molar-refractivity contribution in [2.75, 3.05) is 16.8 Å². The van der Waals surface area contributed by atoms with E-state index < -0.39 is 16.7 Å². The molecule has 3 rings (SSSR count). The number of amides is 2. The van der Waals surface area contributed by atoms with Gasteiger partial charge in [-0.3, -0.25) is 19.7 Å². The summed E-state index contributed by atoms with van der Waals surface area (Å²) in [4.78, 5) is 36.9. The largest absolute Gasteiger partial charge is 0.324 e. The van der Waals surface area contributed by atoms with Crippen molar-refractivity contribution >= 4 is 40.5 Å². The number of rotatable bonds is 4. The van der Waals surface area contributed by atoms with Crippen LogP contribution >= 0.6 is 11.6 Å². The Hall–Kier alpha value is -2.93. The highest BCUT2D eigenvalue weighted by atomic mass is 35.5. The smallest absolute Gasteiger partial charge is 0.271 e. The van der Waals surface area contributed by atoms with Crippen LogP contribution in [-0.2, 0) is 9.59 Å². The van der Waals surface area contributed by atoms with E-state index in [0.29, 0.717) is 0 Å². The monoisotopic (exact) mass is 387 g/mol. The van der Waals surface area contributed by atoms with Gasteiger partial charge in [-0.25, -0.2) is 0 Å². The summed E-state index contributed by atoms with van der Waals surface area (Å²) in [5, 5.41) is 13.7. The molecule has 1 atom stereocenters. The number of nitro groups is 1. The number of anilines is 2. The minimum atomic E-state index is -0.563. The van der Waals surface area contributed by atoms with Crippen molar-refractivity contribution in [1.82, 2.24) is 0 Å². The second kappa shape index (κ2) is 7.36. The van der Waals surface area contributed by atoms with Crippen molar-refractivity contribution in [3.8, 4) is 0 Å². The molecule has 2 amide bonds. The van der Waals surface area contributed by atoms with E-state index in [1.165, 1.54) is 18.2 Å². The molecule has 1 heterocycles. The van der Waals surface area contributed by atoms with Gasteiger partial charge in [0.25, 0.3) is 5.69 Å². The van der Waals surface area contributed by atoms with E-state index in [0.717, 1.165) is 16.8 Å². The minimum Gasteiger partial charge on any atom is -0.324 e. The summed E-state index contributed by atoms with van der Waals surface area (Å²) < 4.78 is 0. The summed E-state index contributed by atoms with van der Waals surface area (Å²) >= 11 is 6.02. The minimum absolute atomic E-state index is 0.0747. The molecule has 1 aliphatic rings. The van der Waals surface area contributed by atoms with E-state index in [1.807, 2.05) is 32.0 Å². The Labute approximate surface area is 161 Å². The summed E-state index contributed by atoms with van der Waals surface area (Å²) in [6, 6.07) is 9.55. The number of nitro benzene ring substituents is 1. The van der Waals surface area contributed by atoms with Crippen molar-refractivity contribution in [3.63, 3.8) is 0 Å². The highest BCUT2D eigenvalue weighted by molar-refractivity contribution is 6.33. The molecule has 2 aromatic carbocycles. The number of nitrogens with one attached hydrogen (secondary N) is 1. The van der Waals surface area contributed by atoms with Crippen molar-refractivity contribution in [1.29, 1.82) is 0 Å². The van der Waals surface area contributed by atoms with E-state index >= 15 is 0 Å². The van der Waals surface area contributed by atoms with E-state index in [4.69, 9.17) is 11.6 Å². The number of carbonyl (C=O) groups excluding carboxylic acids is 2. The first kappa shape index (κ1) is 18.8. The SMILES string of the molecule is Cc1ccc(N2C[C@@H](C(=O)Nc3cc([N+](=O)[O-])ccc3Cl)CC2=O)cc1C. The molecule has 0 aromatic heterocycles. The Bertz CT molecular complexity index is 945. The fourth-order valence-electron chi connectivity index (χ4n) is 2.98. The maximum atomic E-state index is 12.6. The first-order valence-corrected chi connectivity index (χ1v) is 8.76. The van der Waals surface area contributed by atoms with Crippen molar-refractivity contribution in [2.24, 2.45) is 5.92 Å². The standard InChI is InChI=1S/C19H18ClN3O4/c1-11-3-4-14(7-12(11)2)22-10-13(8-18(22)24)19(25)21-17-9-15(23(26)27)5-6-16(17)20/h3-7,9,13H,8,10H2,1-2H3,(H,21,25)/t13-/m0/s1. The molecule has 7 nitrogen and oxygen atoms in total. The number of hydrogen-bond donors (Lipinski definition) is 1. The molecule has 27 heavy (non-hydrogen) atoms. The van der Waals surface area contributed by atoms with Crippen LogP contribution in [0.5, 0.6) is 0 Å². The number of non-ortho nitro benzene ring substituents is 1. The Morgan fingerprint density at radius 2 is 1.96 bits per heavy atom. The molecule has 0 unspecified atom stereocenters. The van der Waals surface area contributed by atoms with Crippen molar-refractivity contribution < 1.29 is 14.5 Å². The zero-order chi connectivity index (χ0) is 19.7. The fourth-order valence-corrected chi connectivity index (χ4v) is 3.15. The first-order chi connectivity index (χ1) is 12.8. The number of hydrogen-bond acceptors (Lipinski definition) is 4. The molecule has 2 aromatic rings. The number of carbonyl (C=O) groups is 2. The Morgan fingerprint density at radius 3 is 2.63 bits per heavy atom. The predicted molar refractivity (Wildman–Crippen MR) is 103 cm³/mol. The van der Waals surface area contributed by atoms with Crippen LogP contribution in [0, 0.1) is 29.9 Å². The molecule has 1 N–H and O–H groups in total. The first-order valence-electron chi connectivity index (χ1n) is 8.38. The lowest BCUT2D eigenvalue weighted by atomic mass is 10.1. The average molecular weight is 388 g/mol. The van der Waals surface area contributed by atoms with Gasteiger partial charge in [-0.1, -0.05) is 17.7 Å². The van der Waals surface area contributed by atoms with Crippen LogP contribution in [0.3, 0.4) is 0 Å². The topological polar surface area (TPSA) is 92.6 Å². The molecule has 0 aliphatic carbocycles. The zero-order valence-corrected chi connectivity index (χ0v) is 15.6. The van der Waals surface area contributed by atoms with E-state index in [9.17, 15) is 19.7 Å². The predicted octanol–water partition coefficient (Wildman–Crippen LogP) is 3.86. The van der Waals surface area contributed by atoms with Crippen LogP contribution in [0.15, 0.2) is 36.4 Å². The third-order valence-corrected chi connectivity index (χ3v) is 5.05. The van der Waals surface area contributed by atoms with Gasteiger partial charge >= 0.3 is 0 Å². The number of halogens is 1. The van der Waals surface area contributed by atoms with Gasteiger partial charge in [0.1, 0.15) is 0 Å². The highest BCUT2D eigenvalue weighted by Gasteiger charge is 2.35. The van der Waals surface area contributed by atoms with Crippen LogP contribution < -0.4 is 10.2 Å². The Balaban J connectivity index is 1.75. The quantitative estimate of drug-likeness (QED) is 0.636. The number of aryl methyl sites for hydroxylation is 2. The molecule has 1 fully saturated rings. The lowest BCUT2D eigenvalue weighted by molar-refractivity contribution is -0.384. The summed E-state index contributed by atoms with van der Waals surface area (Å²) in [5.41, 5.74) is 2.94. The van der Waals surface area contributed by atoms with Crippen LogP contribution in [-0.4, -0.2) is 23.3 Å². The Morgan fingerprint density at radius 1 is 1.22 bits per heavy atom. The summed E-state index contributed by atoms with van der Waals surface area (Å²) in [6.45, 7) is 4.21. The van der Waals surface area contributed by atoms with Gasteiger partial charge in [-0.15, -0.1) is 0 Å². The van der Waals surface area contributed by atoms with Crippen LogP contribution in [0.4, 0.5) is 17.1 Å². The second-order valence-electron chi connectivity index (χ2n) is 6.58. The van der Waals surface area contributed by atoms with Gasteiger partial charge in [0.05, 0.1) is 21.6 Å². The van der Waals surface area contributed by atoms with Crippen molar-refractivity contribution in [3.05, 3.63) is 62.7 Å². The summed E-state index contributed by atoms with van der Waals surface area (Å²) in [7, 11) is 0. The third-order valence-electron chi connectivity index (χ3n) is 4.72. The normalized spacial score (nSPS) is 16.5. The average Bonchev–Trinajstić information content (AvgIpc) is 3.01. The van der Waals surface area contributed by atoms with E-state index in [-0.39, 0.29) is 35.3 Å². The molecule has 0 radical (unpaired) electrons. The molecular formula is C19H18ClN3O4. The second-order valence-corrected chi connectivity index (χ2v) is 6.99. The maximum Gasteiger partial charge on any atom is 0.271 e. The third kappa shape index (κ3) is 3.93. The molecule has 0 spiro atoms. The lowest BCUT2D eigenvalue weighted by Gasteiger charge is -2.18. The number of nitrogens with zero attached hydrogens (tertiary/aromatic N) is 2. The molecule has 1 aliphatic heterocycles. The zero-order valence-electron chi connectivity index (χ0n) is 14.9. The summed E-state index contributed by atoms with van der Waals surface area (Å²) in [6.07, 6.45) is 0.0747. The van der Waals surface area contributed by atoms with Gasteiger partial charge in [-0.05, 0) is 43.2 Å². The van der Waals surface area contributed by atoms with Crippen LogP contribution in [0.1, 0.15) is 17.5 Å². The maximum absolute atomic E-state index is 12.6. The van der Waals surface area contributed by atoms with Gasteiger partial charge < -0.3 is 10.2 Å². The van der Waals surface area contributed by atoms with Gasteiger partial charge in [-0.2, -0.15) is 0 Å². The van der Waals surface area contributed by atoms with Crippen LogP contribution in [0.2, 0.25) is 5.02 Å². The van der Waals surface area contributed by atoms with Gasteiger partial charge in [0.2, 0.25) is 11.8 Å². The fraction of sp³-hybridized carbons (Fsp3) is 0.263. The van der Waals surface area contributed by atoms with Gasteiger partial charge in [0, 0.05) is 30.8 Å². The molecule has 8 heteroatoms. The Kier molecular flexibility index (Phi) is 5.14. The summed E-state index contributed by atoms with van der Waals surface area (Å²) in [5.74, 6) is -1.09. The lowest BCUT2D eigenvalue weighted by Crippen LogP contribution is -2.28. The molecule has 0 bridgehead atoms. The molecular weight excluding hydrogens is 370 g/mol. The van der Waals surface area contributed by atoms with Crippen LogP contribution in [0.25, 0.3) is 0 Å². The van der Waals surface area contributed by atoms with E-state index in [2.05, 4.69) is 5.32 Å². The highest BCUT2D eigenvalue weighted by Crippen LogP contribution is 2.30. The number of benzene rings is 2. The van der Waals surface area contributed by atoms with E-state index in [1.54, 1.807) is 4.90 Å². The van der Waals surface area contributed by atoms with Crippen molar-refractivity contribution in [2.45, 2.75) is 20.3 Å². The molecule has 1 saturated heterocycles. The molecule has 140 valence electrons. The van der Waals surface area contributed by atoms with Gasteiger partial charge in [0.15, 0.2) is 0 Å². The molecule has 0 saturated carbocycles.